The Morgan fingerprint density at radius 2 is 1.64 bits per heavy atom. The van der Waals surface area contributed by atoms with Crippen molar-refractivity contribution in [1.29, 1.82) is 0 Å². The van der Waals surface area contributed by atoms with Crippen LogP contribution in [0.3, 0.4) is 0 Å². The van der Waals surface area contributed by atoms with Crippen LogP contribution in [0.5, 0.6) is 11.5 Å². The average Bonchev–Trinajstić information content (AvgIpc) is 2.35. The first-order chi connectivity index (χ1) is 10.2. The Morgan fingerprint density at radius 1 is 1.09 bits per heavy atom. The van der Waals surface area contributed by atoms with E-state index in [-0.39, 0.29) is 0 Å². The predicted molar refractivity (Wildman–Crippen MR) is 68.9 cm³/mol. The summed E-state index contributed by atoms with van der Waals surface area (Å²) in [6.07, 6.45) is -6.26. The molecule has 0 saturated heterocycles. The molecule has 22 heavy (non-hydrogen) atoms. The summed E-state index contributed by atoms with van der Waals surface area (Å²) in [7, 11) is 0. The summed E-state index contributed by atoms with van der Waals surface area (Å²) < 4.78 is 61.2. The van der Waals surface area contributed by atoms with E-state index in [1.807, 2.05) is 0 Å². The van der Waals surface area contributed by atoms with Gasteiger partial charge >= 0.3 is 12.2 Å². The molecule has 9 heteroatoms. The van der Waals surface area contributed by atoms with Gasteiger partial charge in [-0.05, 0) is 37.0 Å². The van der Waals surface area contributed by atoms with Gasteiger partial charge in [0.25, 0.3) is 0 Å². The third-order valence-electron chi connectivity index (χ3n) is 3.79. The van der Waals surface area contributed by atoms with E-state index in [4.69, 9.17) is 0 Å². The predicted octanol–water partition coefficient (Wildman–Crippen LogP) is 4.12. The quantitative estimate of drug-likeness (QED) is 0.439. The average molecular weight is 382 g/mol. The first-order valence-electron chi connectivity index (χ1n) is 6.27. The SMILES string of the molecule is O=C=NC1(c2cc3c(cc2Br)OC(F)(F)C(F)(F)O3)CCC1. The Bertz CT molecular complexity index is 684. The number of rotatable bonds is 2. The summed E-state index contributed by atoms with van der Waals surface area (Å²) in [5, 5.41) is 0. The zero-order valence-corrected chi connectivity index (χ0v) is 12.4. The molecular formula is C13H8BrF4NO3. The minimum atomic E-state index is -4.79. The van der Waals surface area contributed by atoms with Crippen LogP contribution in [-0.4, -0.2) is 18.3 Å². The van der Waals surface area contributed by atoms with E-state index in [1.165, 1.54) is 6.08 Å². The molecule has 0 bridgehead atoms. The van der Waals surface area contributed by atoms with Crippen LogP contribution < -0.4 is 9.47 Å². The normalized spacial score (nSPS) is 23.1. The van der Waals surface area contributed by atoms with Gasteiger partial charge in [-0.15, -0.1) is 0 Å². The van der Waals surface area contributed by atoms with E-state index in [9.17, 15) is 22.4 Å². The molecule has 1 aromatic carbocycles. The summed E-state index contributed by atoms with van der Waals surface area (Å²) in [6, 6.07) is 2.25. The summed E-state index contributed by atoms with van der Waals surface area (Å²) in [5.74, 6) is -1.04. The summed E-state index contributed by atoms with van der Waals surface area (Å²) in [5.41, 5.74) is -0.501. The fourth-order valence-corrected chi connectivity index (χ4v) is 3.18. The highest BCUT2D eigenvalue weighted by atomic mass is 79.9. The number of hydrogen-bond acceptors (Lipinski definition) is 4. The van der Waals surface area contributed by atoms with Crippen LogP contribution in [0.25, 0.3) is 0 Å². The van der Waals surface area contributed by atoms with E-state index in [1.54, 1.807) is 0 Å². The van der Waals surface area contributed by atoms with Crippen molar-refractivity contribution in [3.05, 3.63) is 22.2 Å². The van der Waals surface area contributed by atoms with Gasteiger partial charge in [0, 0.05) is 4.47 Å². The fourth-order valence-electron chi connectivity index (χ4n) is 2.49. The van der Waals surface area contributed by atoms with E-state index >= 15 is 0 Å². The van der Waals surface area contributed by atoms with Gasteiger partial charge in [0.2, 0.25) is 6.08 Å². The summed E-state index contributed by atoms with van der Waals surface area (Å²) in [6.45, 7) is 0. The maximum atomic E-state index is 13.2. The van der Waals surface area contributed by atoms with Crippen molar-refractivity contribution in [2.75, 3.05) is 0 Å². The second-order valence-corrected chi connectivity index (χ2v) is 5.96. The van der Waals surface area contributed by atoms with Gasteiger partial charge in [-0.1, -0.05) is 15.9 Å². The van der Waals surface area contributed by atoms with Crippen molar-refractivity contribution in [2.45, 2.75) is 37.0 Å². The van der Waals surface area contributed by atoms with Crippen molar-refractivity contribution >= 4 is 22.0 Å². The second-order valence-electron chi connectivity index (χ2n) is 5.10. The maximum absolute atomic E-state index is 13.2. The molecule has 0 spiro atoms. The highest BCUT2D eigenvalue weighted by Crippen LogP contribution is 2.53. The molecule has 2 aliphatic rings. The Kier molecular flexibility index (Phi) is 3.27. The van der Waals surface area contributed by atoms with Gasteiger partial charge in [-0.3, -0.25) is 0 Å². The van der Waals surface area contributed by atoms with Crippen molar-refractivity contribution in [3.8, 4) is 11.5 Å². The third kappa shape index (κ3) is 2.11. The fraction of sp³-hybridized carbons (Fsp3) is 0.462. The molecule has 1 saturated carbocycles. The molecule has 0 N–H and O–H groups in total. The Labute approximate surface area is 130 Å². The molecule has 118 valence electrons. The van der Waals surface area contributed by atoms with Crippen LogP contribution in [0.1, 0.15) is 24.8 Å². The second kappa shape index (κ2) is 4.70. The van der Waals surface area contributed by atoms with E-state index in [2.05, 4.69) is 30.4 Å². The van der Waals surface area contributed by atoms with Gasteiger partial charge in [-0.25, -0.2) is 4.79 Å². The number of nitrogens with zero attached hydrogens (tertiary/aromatic N) is 1. The lowest BCUT2D eigenvalue weighted by Crippen LogP contribution is -2.52. The zero-order chi connectivity index (χ0) is 16.2. The molecule has 0 aromatic heterocycles. The molecule has 1 aliphatic carbocycles. The van der Waals surface area contributed by atoms with Crippen molar-refractivity contribution in [3.63, 3.8) is 0 Å². The summed E-state index contributed by atoms with van der Waals surface area (Å²) >= 11 is 3.16. The highest BCUT2D eigenvalue weighted by Gasteiger charge is 2.66. The van der Waals surface area contributed by atoms with Crippen LogP contribution in [0, 0.1) is 0 Å². The third-order valence-corrected chi connectivity index (χ3v) is 4.45. The van der Waals surface area contributed by atoms with E-state index in [0.29, 0.717) is 22.9 Å². The molecule has 0 amide bonds. The molecule has 1 fully saturated rings. The topological polar surface area (TPSA) is 47.9 Å². The molecule has 1 heterocycles. The maximum Gasteiger partial charge on any atom is 0.507 e. The molecule has 0 atom stereocenters. The number of carbonyl (C=O) groups excluding carboxylic acids is 1. The number of halogens is 5. The number of aliphatic imine (C=N–C) groups is 1. The van der Waals surface area contributed by atoms with Crippen LogP contribution in [0.15, 0.2) is 21.6 Å². The molecule has 4 nitrogen and oxygen atoms in total. The number of fused-ring (bicyclic) bond motifs is 1. The van der Waals surface area contributed by atoms with Crippen LogP contribution >= 0.6 is 15.9 Å². The molecule has 0 unspecified atom stereocenters. The van der Waals surface area contributed by atoms with Crippen molar-refractivity contribution in [1.82, 2.24) is 0 Å². The number of ether oxygens (including phenoxy) is 2. The molecule has 0 radical (unpaired) electrons. The molecule has 1 aliphatic heterocycles. The van der Waals surface area contributed by atoms with Gasteiger partial charge in [-0.2, -0.15) is 22.6 Å². The lowest BCUT2D eigenvalue weighted by Gasteiger charge is -2.39. The smallest absolute Gasteiger partial charge is 0.421 e. The molecule has 1 aromatic rings. The van der Waals surface area contributed by atoms with Gasteiger partial charge < -0.3 is 9.47 Å². The lowest BCUT2D eigenvalue weighted by atomic mass is 9.72. The van der Waals surface area contributed by atoms with Crippen LogP contribution in [0.4, 0.5) is 17.6 Å². The van der Waals surface area contributed by atoms with Crippen molar-refractivity contribution in [2.24, 2.45) is 4.99 Å². The Balaban J connectivity index is 2.10. The largest absolute Gasteiger partial charge is 0.507 e. The molecular weight excluding hydrogens is 374 g/mol. The van der Waals surface area contributed by atoms with Crippen LogP contribution in [0.2, 0.25) is 0 Å². The first-order valence-corrected chi connectivity index (χ1v) is 7.07. The Hall–Kier alpha value is -1.60. The highest BCUT2D eigenvalue weighted by molar-refractivity contribution is 9.10. The van der Waals surface area contributed by atoms with Gasteiger partial charge in [0.05, 0.1) is 5.54 Å². The zero-order valence-electron chi connectivity index (χ0n) is 10.8. The number of isocyanates is 1. The van der Waals surface area contributed by atoms with E-state index in [0.717, 1.165) is 18.6 Å². The van der Waals surface area contributed by atoms with Gasteiger partial charge in [0.15, 0.2) is 11.5 Å². The van der Waals surface area contributed by atoms with Crippen molar-refractivity contribution < 1.29 is 31.8 Å². The van der Waals surface area contributed by atoms with Crippen LogP contribution in [-0.2, 0) is 10.3 Å². The monoisotopic (exact) mass is 381 g/mol. The number of benzene rings is 1. The number of alkyl halides is 4. The minimum Gasteiger partial charge on any atom is -0.421 e. The van der Waals surface area contributed by atoms with Gasteiger partial charge in [0.1, 0.15) is 0 Å². The minimum absolute atomic E-state index is 0.314. The number of hydrogen-bond donors (Lipinski definition) is 0. The summed E-state index contributed by atoms with van der Waals surface area (Å²) in [4.78, 5) is 14.3. The van der Waals surface area contributed by atoms with E-state index < -0.39 is 29.3 Å². The molecule has 3 rings (SSSR count). The lowest BCUT2D eigenvalue weighted by molar-refractivity contribution is -0.391. The first kappa shape index (κ1) is 15.3. The standard InChI is InChI=1S/C13H8BrF4NO3/c14-8-5-10-9(21-12(15,16)13(17,18)22-10)4-7(8)11(19-6-20)2-1-3-11/h4-5H,1-3H2. The Morgan fingerprint density at radius 3 is 2.09 bits per heavy atom.